The quantitative estimate of drug-likeness (QED) is 0.762. The molecule has 0 heterocycles. The van der Waals surface area contributed by atoms with Crippen molar-refractivity contribution in [3.8, 4) is 0 Å². The van der Waals surface area contributed by atoms with Gasteiger partial charge in [-0.2, -0.15) is 0 Å². The van der Waals surface area contributed by atoms with E-state index in [1.165, 1.54) is 11.1 Å². The summed E-state index contributed by atoms with van der Waals surface area (Å²) in [5.74, 6) is -0.502. The van der Waals surface area contributed by atoms with Crippen molar-refractivity contribution in [2.24, 2.45) is 5.92 Å². The molecule has 2 N–H and O–H groups in total. The number of carbonyl (C=O) groups excluding carboxylic acids is 1. The van der Waals surface area contributed by atoms with Gasteiger partial charge in [-0.05, 0) is 48.8 Å². The molecule has 1 saturated carbocycles. The molecule has 0 bridgehead atoms. The molecule has 0 aliphatic heterocycles. The normalized spacial score (nSPS) is 19.6. The molecule has 1 aliphatic rings. The molecule has 1 amide bonds. The summed E-state index contributed by atoms with van der Waals surface area (Å²) in [4.78, 5) is 23.6. The number of benzene rings is 2. The average Bonchev–Trinajstić information content (AvgIpc) is 3.41. The van der Waals surface area contributed by atoms with Crippen LogP contribution in [0.25, 0.3) is 0 Å². The van der Waals surface area contributed by atoms with Crippen LogP contribution in [0.1, 0.15) is 41.9 Å². The Kier molecular flexibility index (Phi) is 5.71. The van der Waals surface area contributed by atoms with Crippen LogP contribution in [-0.4, -0.2) is 23.0 Å². The van der Waals surface area contributed by atoms with Gasteiger partial charge in [0.25, 0.3) is 0 Å². The minimum absolute atomic E-state index is 0.000739. The van der Waals surface area contributed by atoms with Gasteiger partial charge in [-0.1, -0.05) is 54.6 Å². The Morgan fingerprint density at radius 1 is 1.12 bits per heavy atom. The van der Waals surface area contributed by atoms with E-state index < -0.39 is 5.97 Å². The lowest BCUT2D eigenvalue weighted by Crippen LogP contribution is -2.38. The Morgan fingerprint density at radius 3 is 2.50 bits per heavy atom. The van der Waals surface area contributed by atoms with E-state index in [1.807, 2.05) is 42.5 Å². The van der Waals surface area contributed by atoms with Crippen LogP contribution in [0.2, 0.25) is 0 Å². The number of aryl methyl sites for hydroxylation is 1. The van der Waals surface area contributed by atoms with E-state index in [9.17, 15) is 9.59 Å². The summed E-state index contributed by atoms with van der Waals surface area (Å²) in [5, 5.41) is 12.1. The van der Waals surface area contributed by atoms with Crippen LogP contribution < -0.4 is 5.32 Å². The summed E-state index contributed by atoms with van der Waals surface area (Å²) in [6.45, 7) is 2.08. The fourth-order valence-corrected chi connectivity index (χ4v) is 3.56. The molecule has 136 valence electrons. The maximum atomic E-state index is 12.7. The smallest absolute Gasteiger partial charge is 0.303 e. The molecule has 0 spiro atoms. The highest BCUT2D eigenvalue weighted by Crippen LogP contribution is 2.48. The number of carboxylic acids is 1. The van der Waals surface area contributed by atoms with Crippen molar-refractivity contribution in [3.63, 3.8) is 0 Å². The van der Waals surface area contributed by atoms with Crippen molar-refractivity contribution < 1.29 is 14.7 Å². The standard InChI is InChI=1S/C22H25NO3/c1-15-7-5-6-10-18(15)19-14-20(19)22(26)23-17(11-12-21(24)25)13-16-8-3-2-4-9-16/h2-10,17,19-20H,11-14H2,1H3,(H,23,26)(H,24,25). The minimum Gasteiger partial charge on any atom is -0.481 e. The van der Waals surface area contributed by atoms with Crippen molar-refractivity contribution in [1.82, 2.24) is 5.32 Å². The monoisotopic (exact) mass is 351 g/mol. The lowest BCUT2D eigenvalue weighted by molar-refractivity contribution is -0.137. The van der Waals surface area contributed by atoms with Gasteiger partial charge in [-0.3, -0.25) is 9.59 Å². The lowest BCUT2D eigenvalue weighted by atomic mass is 10.0. The van der Waals surface area contributed by atoms with Crippen LogP contribution in [0.15, 0.2) is 54.6 Å². The third kappa shape index (κ3) is 4.72. The molecule has 1 aliphatic carbocycles. The fraction of sp³-hybridized carbons (Fsp3) is 0.364. The lowest BCUT2D eigenvalue weighted by Gasteiger charge is -2.18. The number of hydrogen-bond donors (Lipinski definition) is 2. The number of rotatable bonds is 8. The third-order valence-electron chi connectivity index (χ3n) is 5.09. The zero-order chi connectivity index (χ0) is 18.5. The van der Waals surface area contributed by atoms with Gasteiger partial charge in [0.2, 0.25) is 5.91 Å². The van der Waals surface area contributed by atoms with Crippen molar-refractivity contribution in [3.05, 3.63) is 71.3 Å². The van der Waals surface area contributed by atoms with Gasteiger partial charge in [-0.15, -0.1) is 0 Å². The van der Waals surface area contributed by atoms with Gasteiger partial charge in [0.1, 0.15) is 0 Å². The predicted octanol–water partition coefficient (Wildman–Crippen LogP) is 3.69. The zero-order valence-corrected chi connectivity index (χ0v) is 15.0. The van der Waals surface area contributed by atoms with E-state index in [1.54, 1.807) is 0 Å². The first-order chi connectivity index (χ1) is 12.5. The Hall–Kier alpha value is -2.62. The SMILES string of the molecule is Cc1ccccc1C1CC1C(=O)NC(CCC(=O)O)Cc1ccccc1. The van der Waals surface area contributed by atoms with Crippen LogP contribution in [0.5, 0.6) is 0 Å². The molecule has 4 nitrogen and oxygen atoms in total. The molecule has 3 rings (SSSR count). The molecule has 2 aromatic rings. The summed E-state index contributed by atoms with van der Waals surface area (Å²) in [7, 11) is 0. The van der Waals surface area contributed by atoms with E-state index in [-0.39, 0.29) is 30.2 Å². The van der Waals surface area contributed by atoms with Gasteiger partial charge < -0.3 is 10.4 Å². The Bertz CT molecular complexity index is 772. The van der Waals surface area contributed by atoms with Crippen molar-refractivity contribution in [2.45, 2.75) is 44.6 Å². The third-order valence-corrected chi connectivity index (χ3v) is 5.09. The van der Waals surface area contributed by atoms with Crippen LogP contribution >= 0.6 is 0 Å². The molecule has 0 aromatic heterocycles. The van der Waals surface area contributed by atoms with Crippen molar-refractivity contribution >= 4 is 11.9 Å². The van der Waals surface area contributed by atoms with Crippen molar-refractivity contribution in [2.75, 3.05) is 0 Å². The highest BCUT2D eigenvalue weighted by molar-refractivity contribution is 5.83. The number of aliphatic carboxylic acids is 1. The molecule has 3 unspecified atom stereocenters. The molecule has 0 radical (unpaired) electrons. The van der Waals surface area contributed by atoms with E-state index in [0.29, 0.717) is 12.8 Å². The van der Waals surface area contributed by atoms with Crippen LogP contribution in [0.4, 0.5) is 0 Å². The summed E-state index contributed by atoms with van der Waals surface area (Å²) >= 11 is 0. The van der Waals surface area contributed by atoms with E-state index in [2.05, 4.69) is 24.4 Å². The first kappa shape index (κ1) is 18.2. The van der Waals surface area contributed by atoms with Gasteiger partial charge in [-0.25, -0.2) is 0 Å². The second-order valence-electron chi connectivity index (χ2n) is 7.13. The van der Waals surface area contributed by atoms with E-state index >= 15 is 0 Å². The summed E-state index contributed by atoms with van der Waals surface area (Å²) < 4.78 is 0. The molecule has 1 fully saturated rings. The first-order valence-electron chi connectivity index (χ1n) is 9.16. The second-order valence-corrected chi connectivity index (χ2v) is 7.13. The summed E-state index contributed by atoms with van der Waals surface area (Å²) in [6.07, 6.45) is 2.02. The molecule has 3 atom stereocenters. The number of carboxylic acid groups (broad SMARTS) is 1. The van der Waals surface area contributed by atoms with Crippen LogP contribution in [-0.2, 0) is 16.0 Å². The Morgan fingerprint density at radius 2 is 1.81 bits per heavy atom. The predicted molar refractivity (Wildman–Crippen MR) is 101 cm³/mol. The fourth-order valence-electron chi connectivity index (χ4n) is 3.56. The van der Waals surface area contributed by atoms with Gasteiger partial charge >= 0.3 is 5.97 Å². The van der Waals surface area contributed by atoms with Gasteiger partial charge in [0.05, 0.1) is 0 Å². The average molecular weight is 351 g/mol. The number of carbonyl (C=O) groups is 2. The number of nitrogens with one attached hydrogen (secondary N) is 1. The minimum atomic E-state index is -0.832. The largest absolute Gasteiger partial charge is 0.481 e. The Balaban J connectivity index is 1.62. The van der Waals surface area contributed by atoms with Crippen LogP contribution in [0.3, 0.4) is 0 Å². The highest BCUT2D eigenvalue weighted by atomic mass is 16.4. The summed E-state index contributed by atoms with van der Waals surface area (Å²) in [5.41, 5.74) is 3.58. The molecule has 4 heteroatoms. The topological polar surface area (TPSA) is 66.4 Å². The van der Waals surface area contributed by atoms with Gasteiger partial charge in [0.15, 0.2) is 0 Å². The van der Waals surface area contributed by atoms with Gasteiger partial charge in [0, 0.05) is 18.4 Å². The van der Waals surface area contributed by atoms with Crippen molar-refractivity contribution in [1.29, 1.82) is 0 Å². The maximum Gasteiger partial charge on any atom is 0.303 e. The highest BCUT2D eigenvalue weighted by Gasteiger charge is 2.44. The number of hydrogen-bond acceptors (Lipinski definition) is 2. The summed E-state index contributed by atoms with van der Waals surface area (Å²) in [6, 6.07) is 17.9. The maximum absolute atomic E-state index is 12.7. The second kappa shape index (κ2) is 8.17. The zero-order valence-electron chi connectivity index (χ0n) is 15.0. The van der Waals surface area contributed by atoms with Crippen LogP contribution in [0, 0.1) is 12.8 Å². The number of amides is 1. The van der Waals surface area contributed by atoms with E-state index in [4.69, 9.17) is 5.11 Å². The van der Waals surface area contributed by atoms with E-state index in [0.717, 1.165) is 12.0 Å². The molecule has 26 heavy (non-hydrogen) atoms. The molecular weight excluding hydrogens is 326 g/mol. The Labute approximate surface area is 154 Å². The molecule has 0 saturated heterocycles. The first-order valence-corrected chi connectivity index (χ1v) is 9.16. The molecular formula is C22H25NO3. The molecule has 2 aromatic carbocycles.